The van der Waals surface area contributed by atoms with Crippen LogP contribution in [0, 0.1) is 5.82 Å². The summed E-state index contributed by atoms with van der Waals surface area (Å²) in [5, 5.41) is 14.9. The topological polar surface area (TPSA) is 110 Å². The van der Waals surface area contributed by atoms with Crippen LogP contribution in [0.1, 0.15) is 26.7 Å². The SMILES string of the molecule is CC[C@H](C)NC(=O)CCn1c(=O)c2ccccc2n2c(SCC(=O)Nc3ccc(F)cc3)nnc12. The lowest BCUT2D eigenvalue weighted by Gasteiger charge is -2.13. The van der Waals surface area contributed by atoms with Crippen LogP contribution in [-0.4, -0.2) is 42.8 Å². The molecule has 2 aromatic carbocycles. The van der Waals surface area contributed by atoms with Crippen molar-refractivity contribution in [3.05, 3.63) is 64.7 Å². The van der Waals surface area contributed by atoms with Gasteiger partial charge in [-0.05, 0) is 49.7 Å². The second-order valence-corrected chi connectivity index (χ2v) is 9.00. The van der Waals surface area contributed by atoms with Crippen molar-refractivity contribution in [2.75, 3.05) is 11.1 Å². The molecule has 2 heterocycles. The number of carbonyl (C=O) groups excluding carboxylic acids is 2. The Labute approximate surface area is 204 Å². The van der Waals surface area contributed by atoms with Gasteiger partial charge in [-0.15, -0.1) is 10.2 Å². The Hall–Kier alpha value is -3.73. The number of nitrogens with one attached hydrogen (secondary N) is 2. The van der Waals surface area contributed by atoms with Gasteiger partial charge in [-0.25, -0.2) is 4.39 Å². The van der Waals surface area contributed by atoms with Crippen molar-refractivity contribution >= 4 is 45.9 Å². The Bertz CT molecular complexity index is 1430. The van der Waals surface area contributed by atoms with Crippen LogP contribution >= 0.6 is 11.8 Å². The average Bonchev–Trinajstić information content (AvgIpc) is 3.28. The molecule has 2 N–H and O–H groups in total. The number of aromatic nitrogens is 4. The van der Waals surface area contributed by atoms with Gasteiger partial charge < -0.3 is 10.6 Å². The molecule has 2 amide bonds. The number of halogens is 1. The summed E-state index contributed by atoms with van der Waals surface area (Å²) in [6.45, 7) is 4.05. The molecule has 0 saturated heterocycles. The maximum atomic E-state index is 13.2. The summed E-state index contributed by atoms with van der Waals surface area (Å²) in [6.07, 6.45) is 0.930. The highest BCUT2D eigenvalue weighted by Crippen LogP contribution is 2.22. The van der Waals surface area contributed by atoms with E-state index < -0.39 is 0 Å². The van der Waals surface area contributed by atoms with Gasteiger partial charge in [0.25, 0.3) is 5.56 Å². The second-order valence-electron chi connectivity index (χ2n) is 8.06. The van der Waals surface area contributed by atoms with Crippen molar-refractivity contribution in [3.63, 3.8) is 0 Å². The van der Waals surface area contributed by atoms with Gasteiger partial charge in [-0.3, -0.25) is 23.4 Å². The first-order valence-corrected chi connectivity index (χ1v) is 12.2. The van der Waals surface area contributed by atoms with Crippen LogP contribution in [0.2, 0.25) is 0 Å². The van der Waals surface area contributed by atoms with Gasteiger partial charge in [0.1, 0.15) is 5.82 Å². The Kier molecular flexibility index (Phi) is 7.45. The first-order chi connectivity index (χ1) is 16.9. The highest BCUT2D eigenvalue weighted by Gasteiger charge is 2.18. The van der Waals surface area contributed by atoms with Gasteiger partial charge in [0.05, 0.1) is 16.7 Å². The van der Waals surface area contributed by atoms with Crippen LogP contribution in [0.5, 0.6) is 0 Å². The summed E-state index contributed by atoms with van der Waals surface area (Å²) in [6, 6.07) is 12.6. The first-order valence-electron chi connectivity index (χ1n) is 11.2. The molecule has 0 aliphatic heterocycles. The van der Waals surface area contributed by atoms with E-state index in [4.69, 9.17) is 0 Å². The van der Waals surface area contributed by atoms with E-state index >= 15 is 0 Å². The van der Waals surface area contributed by atoms with Gasteiger partial charge >= 0.3 is 0 Å². The fourth-order valence-corrected chi connectivity index (χ4v) is 4.29. The van der Waals surface area contributed by atoms with Crippen LogP contribution in [0.4, 0.5) is 10.1 Å². The average molecular weight is 497 g/mol. The molecule has 0 fully saturated rings. The molecule has 1 atom stereocenters. The highest BCUT2D eigenvalue weighted by molar-refractivity contribution is 7.99. The van der Waals surface area contributed by atoms with E-state index in [9.17, 15) is 18.8 Å². The first kappa shape index (κ1) is 24.4. The maximum absolute atomic E-state index is 13.2. The molecule has 35 heavy (non-hydrogen) atoms. The van der Waals surface area contributed by atoms with Crippen LogP contribution in [0.15, 0.2) is 58.5 Å². The van der Waals surface area contributed by atoms with Gasteiger partial charge in [0.15, 0.2) is 5.16 Å². The minimum atomic E-state index is -0.386. The summed E-state index contributed by atoms with van der Waals surface area (Å²) in [7, 11) is 0. The van der Waals surface area contributed by atoms with Crippen molar-refractivity contribution in [3.8, 4) is 0 Å². The van der Waals surface area contributed by atoms with E-state index in [1.807, 2.05) is 13.8 Å². The van der Waals surface area contributed by atoms with Gasteiger partial charge in [0, 0.05) is 24.7 Å². The quantitative estimate of drug-likeness (QED) is 0.344. The number of hydrogen-bond donors (Lipinski definition) is 2. The minimum absolute atomic E-state index is 0.0307. The van der Waals surface area contributed by atoms with Crippen LogP contribution in [0.25, 0.3) is 16.7 Å². The fourth-order valence-electron chi connectivity index (χ4n) is 3.55. The number of thioether (sulfide) groups is 1. The Morgan fingerprint density at radius 3 is 2.57 bits per heavy atom. The van der Waals surface area contributed by atoms with Crippen LogP contribution in [0.3, 0.4) is 0 Å². The monoisotopic (exact) mass is 496 g/mol. The lowest BCUT2D eigenvalue weighted by atomic mass is 10.2. The Morgan fingerprint density at radius 1 is 1.09 bits per heavy atom. The molecule has 11 heteroatoms. The Balaban J connectivity index is 1.60. The van der Waals surface area contributed by atoms with E-state index in [0.717, 1.165) is 18.2 Å². The molecule has 182 valence electrons. The van der Waals surface area contributed by atoms with Crippen molar-refractivity contribution < 1.29 is 14.0 Å². The normalized spacial score (nSPS) is 12.1. The number of nitrogens with zero attached hydrogens (tertiary/aromatic N) is 4. The van der Waals surface area contributed by atoms with Crippen molar-refractivity contribution in [2.45, 2.75) is 44.4 Å². The molecule has 4 aromatic rings. The van der Waals surface area contributed by atoms with Crippen LogP contribution < -0.4 is 16.2 Å². The summed E-state index contributed by atoms with van der Waals surface area (Å²) in [5.74, 6) is -0.501. The molecule has 9 nitrogen and oxygen atoms in total. The zero-order chi connectivity index (χ0) is 24.9. The van der Waals surface area contributed by atoms with E-state index in [0.29, 0.717) is 27.5 Å². The van der Waals surface area contributed by atoms with Gasteiger partial charge in [0.2, 0.25) is 17.6 Å². The number of benzene rings is 2. The molecular formula is C24H25FN6O3S. The lowest BCUT2D eigenvalue weighted by molar-refractivity contribution is -0.122. The number of fused-ring (bicyclic) bond motifs is 3. The number of anilines is 1. The molecule has 0 unspecified atom stereocenters. The largest absolute Gasteiger partial charge is 0.354 e. The summed E-state index contributed by atoms with van der Waals surface area (Å²) < 4.78 is 16.2. The van der Waals surface area contributed by atoms with Crippen LogP contribution in [-0.2, 0) is 16.1 Å². The van der Waals surface area contributed by atoms with E-state index in [-0.39, 0.29) is 48.0 Å². The maximum Gasteiger partial charge on any atom is 0.262 e. The number of carbonyl (C=O) groups is 2. The smallest absolute Gasteiger partial charge is 0.262 e. The molecule has 0 aliphatic carbocycles. The van der Waals surface area contributed by atoms with Crippen molar-refractivity contribution in [1.29, 1.82) is 0 Å². The third kappa shape index (κ3) is 5.51. The highest BCUT2D eigenvalue weighted by atomic mass is 32.2. The number of para-hydroxylation sites is 1. The number of amides is 2. The summed E-state index contributed by atoms with van der Waals surface area (Å²) in [5.41, 5.74) is 0.833. The summed E-state index contributed by atoms with van der Waals surface area (Å²) >= 11 is 1.16. The van der Waals surface area contributed by atoms with Gasteiger partial charge in [-0.1, -0.05) is 30.8 Å². The third-order valence-corrected chi connectivity index (χ3v) is 6.45. The standard InChI is InChI=1S/C24H25FN6O3S/c1-3-15(2)26-20(32)12-13-30-22(34)18-6-4-5-7-19(18)31-23(30)28-29-24(31)35-14-21(33)27-17-10-8-16(25)9-11-17/h4-11,15H,3,12-14H2,1-2H3,(H,26,32)(H,27,33)/t15-/m0/s1. The molecule has 0 bridgehead atoms. The zero-order valence-corrected chi connectivity index (χ0v) is 20.1. The molecule has 0 spiro atoms. The summed E-state index contributed by atoms with van der Waals surface area (Å²) in [4.78, 5) is 37.9. The number of rotatable bonds is 9. The molecule has 0 saturated carbocycles. The molecular weight excluding hydrogens is 471 g/mol. The lowest BCUT2D eigenvalue weighted by Crippen LogP contribution is -2.33. The van der Waals surface area contributed by atoms with Gasteiger partial charge in [-0.2, -0.15) is 0 Å². The zero-order valence-electron chi connectivity index (χ0n) is 19.3. The van der Waals surface area contributed by atoms with E-state index in [1.165, 1.54) is 28.8 Å². The fraction of sp³-hybridized carbons (Fsp3) is 0.292. The predicted molar refractivity (Wildman–Crippen MR) is 133 cm³/mol. The third-order valence-electron chi connectivity index (χ3n) is 5.52. The van der Waals surface area contributed by atoms with Crippen molar-refractivity contribution in [2.24, 2.45) is 0 Å². The molecule has 2 aromatic heterocycles. The molecule has 4 rings (SSSR count). The predicted octanol–water partition coefficient (Wildman–Crippen LogP) is 3.22. The Morgan fingerprint density at radius 2 is 1.83 bits per heavy atom. The van der Waals surface area contributed by atoms with E-state index in [2.05, 4.69) is 20.8 Å². The van der Waals surface area contributed by atoms with Crippen molar-refractivity contribution in [1.82, 2.24) is 24.5 Å². The minimum Gasteiger partial charge on any atom is -0.354 e. The number of hydrogen-bond acceptors (Lipinski definition) is 6. The number of aryl methyl sites for hydroxylation is 1. The molecule has 0 radical (unpaired) electrons. The van der Waals surface area contributed by atoms with E-state index in [1.54, 1.807) is 28.7 Å². The second kappa shape index (κ2) is 10.7. The molecule has 0 aliphatic rings.